The molecule has 0 bridgehead atoms. The maximum Gasteiger partial charge on any atom is 0.224 e. The van der Waals surface area contributed by atoms with Crippen LogP contribution in [-0.4, -0.2) is 10.9 Å². The van der Waals surface area contributed by atoms with Crippen LogP contribution in [0.1, 0.15) is 29.7 Å². The van der Waals surface area contributed by atoms with Crippen molar-refractivity contribution in [3.8, 4) is 0 Å². The number of carbonyl (C=O) groups excluding carboxylic acids is 1. The number of nitrogens with one attached hydrogen (secondary N) is 1. The Balaban J connectivity index is 1.98. The van der Waals surface area contributed by atoms with Crippen LogP contribution in [0, 0.1) is 6.92 Å². The minimum absolute atomic E-state index is 0.00209. The van der Waals surface area contributed by atoms with Gasteiger partial charge in [0.1, 0.15) is 0 Å². The molecule has 0 fully saturated rings. The van der Waals surface area contributed by atoms with Crippen LogP contribution in [0.3, 0.4) is 0 Å². The van der Waals surface area contributed by atoms with Gasteiger partial charge in [0.05, 0.1) is 12.5 Å². The fourth-order valence-electron chi connectivity index (χ4n) is 2.00. The first-order valence-electron chi connectivity index (χ1n) is 6.50. The number of nitrogens with zero attached hydrogens (tertiary/aromatic N) is 1. The fraction of sp³-hybridized carbons (Fsp3) is 0.250. The first-order chi connectivity index (χ1) is 9.56. The van der Waals surface area contributed by atoms with Crippen LogP contribution in [0.15, 0.2) is 47.2 Å². The molecule has 20 heavy (non-hydrogen) atoms. The highest BCUT2D eigenvalue weighted by atomic mass is 79.9. The summed E-state index contributed by atoms with van der Waals surface area (Å²) >= 11 is 3.40. The molecule has 104 valence electrons. The zero-order valence-electron chi connectivity index (χ0n) is 11.6. The average Bonchev–Trinajstić information content (AvgIpc) is 2.42. The molecule has 0 radical (unpaired) electrons. The van der Waals surface area contributed by atoms with Crippen molar-refractivity contribution in [2.75, 3.05) is 0 Å². The monoisotopic (exact) mass is 332 g/mol. The van der Waals surface area contributed by atoms with Gasteiger partial charge in [-0.15, -0.1) is 0 Å². The fourth-order valence-corrected chi connectivity index (χ4v) is 2.27. The summed E-state index contributed by atoms with van der Waals surface area (Å²) in [5.74, 6) is 0.0229. The molecule has 1 aromatic carbocycles. The third kappa shape index (κ3) is 3.90. The number of rotatable bonds is 4. The molecule has 1 aromatic heterocycles. The van der Waals surface area contributed by atoms with Crippen molar-refractivity contribution >= 4 is 21.8 Å². The molecule has 1 N–H and O–H groups in total. The number of hydrogen-bond acceptors (Lipinski definition) is 2. The van der Waals surface area contributed by atoms with Gasteiger partial charge in [-0.25, -0.2) is 0 Å². The molecule has 1 atom stereocenters. The molecule has 1 amide bonds. The topological polar surface area (TPSA) is 42.0 Å². The van der Waals surface area contributed by atoms with Gasteiger partial charge in [0.15, 0.2) is 0 Å². The summed E-state index contributed by atoms with van der Waals surface area (Å²) < 4.78 is 1.03. The van der Waals surface area contributed by atoms with Gasteiger partial charge in [0.2, 0.25) is 5.91 Å². The lowest BCUT2D eigenvalue weighted by Crippen LogP contribution is -2.28. The highest BCUT2D eigenvalue weighted by Gasteiger charge is 2.11. The van der Waals surface area contributed by atoms with E-state index < -0.39 is 0 Å². The Kier molecular flexibility index (Phi) is 4.90. The molecule has 4 heteroatoms. The van der Waals surface area contributed by atoms with Crippen molar-refractivity contribution in [2.24, 2.45) is 0 Å². The summed E-state index contributed by atoms with van der Waals surface area (Å²) in [5, 5.41) is 3.02. The second-order valence-corrected chi connectivity index (χ2v) is 5.74. The number of aryl methyl sites for hydroxylation is 1. The van der Waals surface area contributed by atoms with Gasteiger partial charge >= 0.3 is 0 Å². The van der Waals surface area contributed by atoms with Gasteiger partial charge in [-0.2, -0.15) is 0 Å². The van der Waals surface area contributed by atoms with Crippen molar-refractivity contribution in [3.63, 3.8) is 0 Å². The van der Waals surface area contributed by atoms with E-state index in [0.717, 1.165) is 21.2 Å². The average molecular weight is 333 g/mol. The Morgan fingerprint density at radius 3 is 2.65 bits per heavy atom. The Labute approximate surface area is 127 Å². The second kappa shape index (κ2) is 6.66. The third-order valence-corrected chi connectivity index (χ3v) is 3.76. The quantitative estimate of drug-likeness (QED) is 0.929. The summed E-state index contributed by atoms with van der Waals surface area (Å²) in [6.07, 6.45) is 3.88. The Bertz CT molecular complexity index is 596. The number of pyridine rings is 1. The van der Waals surface area contributed by atoms with Gasteiger partial charge in [0, 0.05) is 16.9 Å². The minimum atomic E-state index is -0.00209. The van der Waals surface area contributed by atoms with Crippen LogP contribution in [0.4, 0.5) is 0 Å². The first-order valence-corrected chi connectivity index (χ1v) is 7.30. The lowest BCUT2D eigenvalue weighted by atomic mass is 10.1. The van der Waals surface area contributed by atoms with Gasteiger partial charge in [-0.1, -0.05) is 28.1 Å². The summed E-state index contributed by atoms with van der Waals surface area (Å²) in [6.45, 7) is 3.95. The van der Waals surface area contributed by atoms with E-state index in [1.165, 1.54) is 0 Å². The molecule has 0 aliphatic carbocycles. The Hall–Kier alpha value is -1.68. The maximum atomic E-state index is 12.1. The third-order valence-electron chi connectivity index (χ3n) is 3.23. The standard InChI is InChI=1S/C16H17BrN2O/c1-11-10-18-8-7-14(11)9-16(20)19-12(2)13-3-5-15(17)6-4-13/h3-8,10,12H,9H2,1-2H3,(H,19,20)/t12-/m1/s1. The summed E-state index contributed by atoms with van der Waals surface area (Å²) in [4.78, 5) is 16.1. The van der Waals surface area contributed by atoms with Crippen molar-refractivity contribution in [2.45, 2.75) is 26.3 Å². The van der Waals surface area contributed by atoms with E-state index in [4.69, 9.17) is 0 Å². The highest BCUT2D eigenvalue weighted by Crippen LogP contribution is 2.16. The first kappa shape index (κ1) is 14.7. The molecule has 2 rings (SSSR count). The number of carbonyl (C=O) groups is 1. The highest BCUT2D eigenvalue weighted by molar-refractivity contribution is 9.10. The lowest BCUT2D eigenvalue weighted by Gasteiger charge is -2.15. The zero-order chi connectivity index (χ0) is 14.5. The van der Waals surface area contributed by atoms with E-state index in [1.54, 1.807) is 12.4 Å². The molecule has 0 aliphatic heterocycles. The summed E-state index contributed by atoms with van der Waals surface area (Å²) in [7, 11) is 0. The van der Waals surface area contributed by atoms with Gasteiger partial charge in [-0.05, 0) is 48.7 Å². The Morgan fingerprint density at radius 1 is 1.30 bits per heavy atom. The molecule has 3 nitrogen and oxygen atoms in total. The number of halogens is 1. The van der Waals surface area contributed by atoms with E-state index >= 15 is 0 Å². The molecular formula is C16H17BrN2O. The van der Waals surface area contributed by atoms with Crippen LogP contribution in [0.5, 0.6) is 0 Å². The van der Waals surface area contributed by atoms with Crippen molar-refractivity contribution < 1.29 is 4.79 Å². The van der Waals surface area contributed by atoms with Crippen molar-refractivity contribution in [3.05, 3.63) is 63.9 Å². The number of amides is 1. The molecular weight excluding hydrogens is 316 g/mol. The number of benzene rings is 1. The summed E-state index contributed by atoms with van der Waals surface area (Å²) in [6, 6.07) is 9.85. The van der Waals surface area contributed by atoms with E-state index in [2.05, 4.69) is 26.2 Å². The molecule has 0 unspecified atom stereocenters. The molecule has 0 spiro atoms. The molecule has 1 heterocycles. The Morgan fingerprint density at radius 2 is 2.00 bits per heavy atom. The molecule has 0 aliphatic rings. The predicted octanol–water partition coefficient (Wildman–Crippen LogP) is 3.57. The van der Waals surface area contributed by atoms with Gasteiger partial charge < -0.3 is 5.32 Å². The predicted molar refractivity (Wildman–Crippen MR) is 83.4 cm³/mol. The normalized spacial score (nSPS) is 11.9. The van der Waals surface area contributed by atoms with Crippen molar-refractivity contribution in [1.82, 2.24) is 10.3 Å². The van der Waals surface area contributed by atoms with Crippen LogP contribution in [0.25, 0.3) is 0 Å². The molecule has 0 saturated carbocycles. The lowest BCUT2D eigenvalue weighted by molar-refractivity contribution is -0.121. The van der Waals surface area contributed by atoms with Crippen LogP contribution in [0.2, 0.25) is 0 Å². The zero-order valence-corrected chi connectivity index (χ0v) is 13.1. The molecule has 2 aromatic rings. The maximum absolute atomic E-state index is 12.1. The van der Waals surface area contributed by atoms with Crippen LogP contribution in [-0.2, 0) is 11.2 Å². The van der Waals surface area contributed by atoms with Crippen molar-refractivity contribution in [1.29, 1.82) is 0 Å². The van der Waals surface area contributed by atoms with Gasteiger partial charge in [0.25, 0.3) is 0 Å². The van der Waals surface area contributed by atoms with E-state index in [-0.39, 0.29) is 11.9 Å². The largest absolute Gasteiger partial charge is 0.349 e. The number of aromatic nitrogens is 1. The molecule has 0 saturated heterocycles. The van der Waals surface area contributed by atoms with E-state index in [0.29, 0.717) is 6.42 Å². The van der Waals surface area contributed by atoms with Crippen LogP contribution < -0.4 is 5.32 Å². The van der Waals surface area contributed by atoms with E-state index in [1.807, 2.05) is 44.2 Å². The van der Waals surface area contributed by atoms with E-state index in [9.17, 15) is 4.79 Å². The SMILES string of the molecule is Cc1cnccc1CC(=O)N[C@H](C)c1ccc(Br)cc1. The number of hydrogen-bond donors (Lipinski definition) is 1. The smallest absolute Gasteiger partial charge is 0.224 e. The summed E-state index contributed by atoms with van der Waals surface area (Å²) in [5.41, 5.74) is 3.15. The minimum Gasteiger partial charge on any atom is -0.349 e. The van der Waals surface area contributed by atoms with Crippen LogP contribution >= 0.6 is 15.9 Å². The van der Waals surface area contributed by atoms with Gasteiger partial charge in [-0.3, -0.25) is 9.78 Å². The second-order valence-electron chi connectivity index (χ2n) is 4.82.